The third-order valence-corrected chi connectivity index (χ3v) is 3.55. The average Bonchev–Trinajstić information content (AvgIpc) is 3.09. The topological polar surface area (TPSA) is 97.1 Å². The van der Waals surface area contributed by atoms with Gasteiger partial charge >= 0.3 is 6.61 Å². The fourth-order valence-corrected chi connectivity index (χ4v) is 2.35. The summed E-state index contributed by atoms with van der Waals surface area (Å²) in [5.41, 5.74) is 1.18. The Labute approximate surface area is 158 Å². The minimum Gasteiger partial charge on any atom is -0.435 e. The number of hydrogen-bond acceptors (Lipinski definition) is 7. The molecule has 11 heteroatoms. The van der Waals surface area contributed by atoms with Crippen molar-refractivity contribution in [1.29, 1.82) is 0 Å². The van der Waals surface area contributed by atoms with E-state index in [1.807, 2.05) is 0 Å². The third-order valence-electron chi connectivity index (χ3n) is 3.55. The van der Waals surface area contributed by atoms with E-state index in [-0.39, 0.29) is 30.7 Å². The second kappa shape index (κ2) is 9.04. The minimum atomic E-state index is -2.92. The predicted octanol–water partition coefficient (Wildman–Crippen LogP) is 2.76. The molecule has 0 aliphatic carbocycles. The number of benzene rings is 1. The van der Waals surface area contributed by atoms with Crippen molar-refractivity contribution in [2.75, 3.05) is 17.2 Å². The Balaban J connectivity index is 1.66. The Hall–Kier alpha value is -3.34. The lowest BCUT2D eigenvalue weighted by Crippen LogP contribution is -2.07. The lowest BCUT2D eigenvalue weighted by Gasteiger charge is -2.10. The Morgan fingerprint density at radius 2 is 2.11 bits per heavy atom. The van der Waals surface area contributed by atoms with Crippen LogP contribution in [-0.2, 0) is 13.1 Å². The number of ether oxygens (including phenoxy) is 1. The molecule has 0 aliphatic rings. The molecule has 0 spiro atoms. The van der Waals surface area contributed by atoms with Gasteiger partial charge in [0.25, 0.3) is 0 Å². The van der Waals surface area contributed by atoms with Crippen LogP contribution in [-0.4, -0.2) is 38.1 Å². The van der Waals surface area contributed by atoms with Gasteiger partial charge in [0.1, 0.15) is 5.75 Å². The lowest BCUT2D eigenvalue weighted by atomic mass is 10.2. The highest BCUT2D eigenvalue weighted by Gasteiger charge is 2.09. The molecule has 0 fully saturated rings. The first kappa shape index (κ1) is 19.4. The van der Waals surface area contributed by atoms with Gasteiger partial charge in [-0.15, -0.1) is 0 Å². The number of aliphatic hydroxyl groups is 1. The summed E-state index contributed by atoms with van der Waals surface area (Å²) in [7, 11) is 0. The summed E-state index contributed by atoms with van der Waals surface area (Å²) in [5, 5.41) is 18.6. The molecule has 0 unspecified atom stereocenters. The lowest BCUT2D eigenvalue weighted by molar-refractivity contribution is -0.0498. The molecule has 2 aromatic heterocycles. The Bertz CT molecular complexity index is 921. The molecule has 0 amide bonds. The SMILES string of the molecule is OCCn1cc(Nc2ncc(F)c(NCc3cccc(OC(F)F)c3)n2)cn1. The van der Waals surface area contributed by atoms with Crippen LogP contribution < -0.4 is 15.4 Å². The van der Waals surface area contributed by atoms with Crippen LogP contribution in [0.4, 0.5) is 30.6 Å². The zero-order valence-electron chi connectivity index (χ0n) is 14.5. The summed E-state index contributed by atoms with van der Waals surface area (Å²) in [6.07, 6.45) is 4.17. The fourth-order valence-electron chi connectivity index (χ4n) is 2.35. The second-order valence-electron chi connectivity index (χ2n) is 5.61. The van der Waals surface area contributed by atoms with Gasteiger partial charge in [-0.1, -0.05) is 12.1 Å². The first-order valence-electron chi connectivity index (χ1n) is 8.24. The summed E-state index contributed by atoms with van der Waals surface area (Å²) in [4.78, 5) is 7.93. The van der Waals surface area contributed by atoms with Crippen LogP contribution in [0.25, 0.3) is 0 Å². The Morgan fingerprint density at radius 1 is 1.25 bits per heavy atom. The van der Waals surface area contributed by atoms with E-state index >= 15 is 0 Å². The van der Waals surface area contributed by atoms with Gasteiger partial charge in [0.2, 0.25) is 5.95 Å². The highest BCUT2D eigenvalue weighted by atomic mass is 19.3. The Morgan fingerprint density at radius 3 is 2.89 bits per heavy atom. The molecule has 0 atom stereocenters. The van der Waals surface area contributed by atoms with E-state index in [9.17, 15) is 13.2 Å². The number of anilines is 3. The zero-order chi connectivity index (χ0) is 19.9. The predicted molar refractivity (Wildman–Crippen MR) is 95.0 cm³/mol. The van der Waals surface area contributed by atoms with E-state index in [1.54, 1.807) is 18.3 Å². The standard InChI is InChI=1S/C17H17F3N6O2/c18-14-9-22-17(24-12-8-23-26(10-12)4-5-27)25-15(14)21-7-11-2-1-3-13(6-11)28-16(19)20/h1-3,6,8-10,16,27H,4-5,7H2,(H2,21,22,24,25). The molecular formula is C17H17F3N6O2. The molecule has 3 rings (SSSR count). The molecule has 28 heavy (non-hydrogen) atoms. The minimum absolute atomic E-state index is 0.0136. The van der Waals surface area contributed by atoms with E-state index in [4.69, 9.17) is 5.11 Å². The van der Waals surface area contributed by atoms with Crippen molar-refractivity contribution in [3.8, 4) is 5.75 Å². The quantitative estimate of drug-likeness (QED) is 0.513. The maximum absolute atomic E-state index is 14.0. The number of nitrogens with one attached hydrogen (secondary N) is 2. The molecule has 0 saturated heterocycles. The molecule has 1 aromatic carbocycles. The van der Waals surface area contributed by atoms with Gasteiger partial charge in [-0.3, -0.25) is 4.68 Å². The monoisotopic (exact) mass is 394 g/mol. The first-order valence-corrected chi connectivity index (χ1v) is 8.24. The third kappa shape index (κ3) is 5.33. The van der Waals surface area contributed by atoms with E-state index in [0.717, 1.165) is 6.20 Å². The molecule has 8 nitrogen and oxygen atoms in total. The number of hydrogen-bond donors (Lipinski definition) is 3. The average molecular weight is 394 g/mol. The van der Waals surface area contributed by atoms with Crippen molar-refractivity contribution in [1.82, 2.24) is 19.7 Å². The number of aromatic nitrogens is 4. The van der Waals surface area contributed by atoms with Crippen molar-refractivity contribution < 1.29 is 23.0 Å². The molecule has 3 aromatic rings. The van der Waals surface area contributed by atoms with Crippen molar-refractivity contribution in [3.05, 3.63) is 54.2 Å². The van der Waals surface area contributed by atoms with Crippen molar-refractivity contribution in [3.63, 3.8) is 0 Å². The van der Waals surface area contributed by atoms with Gasteiger partial charge in [-0.05, 0) is 17.7 Å². The van der Waals surface area contributed by atoms with Crippen LogP contribution >= 0.6 is 0 Å². The van der Waals surface area contributed by atoms with Crippen LogP contribution in [0.5, 0.6) is 5.75 Å². The first-order chi connectivity index (χ1) is 13.5. The van der Waals surface area contributed by atoms with Gasteiger partial charge in [0.05, 0.1) is 31.2 Å². The molecule has 0 radical (unpaired) electrons. The van der Waals surface area contributed by atoms with Crippen LogP contribution in [0, 0.1) is 5.82 Å². The fraction of sp³-hybridized carbons (Fsp3) is 0.235. The maximum atomic E-state index is 14.0. The van der Waals surface area contributed by atoms with Gasteiger partial charge in [0, 0.05) is 12.7 Å². The maximum Gasteiger partial charge on any atom is 0.387 e. The van der Waals surface area contributed by atoms with Crippen LogP contribution in [0.1, 0.15) is 5.56 Å². The smallest absolute Gasteiger partial charge is 0.387 e. The molecule has 3 N–H and O–H groups in total. The number of rotatable bonds is 9. The summed E-state index contributed by atoms with van der Waals surface area (Å²) in [5.74, 6) is -0.566. The molecular weight excluding hydrogens is 377 g/mol. The van der Waals surface area contributed by atoms with Gasteiger partial charge in [-0.25, -0.2) is 9.37 Å². The number of alkyl halides is 2. The Kier molecular flexibility index (Phi) is 6.27. The van der Waals surface area contributed by atoms with E-state index in [1.165, 1.54) is 23.0 Å². The second-order valence-corrected chi connectivity index (χ2v) is 5.61. The highest BCUT2D eigenvalue weighted by molar-refractivity contribution is 5.52. The number of nitrogens with zero attached hydrogens (tertiary/aromatic N) is 4. The van der Waals surface area contributed by atoms with Gasteiger partial charge in [-0.2, -0.15) is 18.9 Å². The van der Waals surface area contributed by atoms with Crippen molar-refractivity contribution in [2.45, 2.75) is 19.7 Å². The summed E-state index contributed by atoms with van der Waals surface area (Å²) < 4.78 is 44.4. The van der Waals surface area contributed by atoms with E-state index in [0.29, 0.717) is 17.8 Å². The molecule has 0 aliphatic heterocycles. The van der Waals surface area contributed by atoms with Crippen LogP contribution in [0.2, 0.25) is 0 Å². The normalized spacial score (nSPS) is 10.9. The number of halogens is 3. The van der Waals surface area contributed by atoms with Crippen molar-refractivity contribution >= 4 is 17.5 Å². The molecule has 0 bridgehead atoms. The van der Waals surface area contributed by atoms with Crippen LogP contribution in [0.3, 0.4) is 0 Å². The largest absolute Gasteiger partial charge is 0.435 e. The van der Waals surface area contributed by atoms with Crippen LogP contribution in [0.15, 0.2) is 42.9 Å². The van der Waals surface area contributed by atoms with Gasteiger partial charge < -0.3 is 20.5 Å². The molecule has 0 saturated carbocycles. The van der Waals surface area contributed by atoms with Gasteiger partial charge in [0.15, 0.2) is 11.6 Å². The summed E-state index contributed by atoms with van der Waals surface area (Å²) >= 11 is 0. The zero-order valence-corrected chi connectivity index (χ0v) is 14.5. The molecule has 2 heterocycles. The molecule has 148 valence electrons. The van der Waals surface area contributed by atoms with E-state index in [2.05, 4.69) is 30.4 Å². The van der Waals surface area contributed by atoms with E-state index < -0.39 is 12.4 Å². The summed E-state index contributed by atoms with van der Waals surface area (Å²) in [6.45, 7) is -2.49. The van der Waals surface area contributed by atoms with Crippen molar-refractivity contribution in [2.24, 2.45) is 0 Å². The highest BCUT2D eigenvalue weighted by Crippen LogP contribution is 2.19. The summed E-state index contributed by atoms with van der Waals surface area (Å²) in [6, 6.07) is 6.06. The number of aliphatic hydroxyl groups excluding tert-OH is 1.